The van der Waals surface area contributed by atoms with Gasteiger partial charge in [-0.3, -0.25) is 0 Å². The van der Waals surface area contributed by atoms with Crippen LogP contribution >= 0.6 is 11.8 Å². The van der Waals surface area contributed by atoms with Gasteiger partial charge in [0, 0.05) is 5.56 Å². The highest BCUT2D eigenvalue weighted by molar-refractivity contribution is 7.99. The molecule has 1 N–H and O–H groups in total. The maximum absolute atomic E-state index is 12.0. The first-order valence-corrected chi connectivity index (χ1v) is 12.6. The number of aromatic amines is 1. The largest absolute Gasteiger partial charge is 0.513 e. The van der Waals surface area contributed by atoms with Crippen LogP contribution in [0.15, 0.2) is 71.9 Å². The van der Waals surface area contributed by atoms with Crippen LogP contribution in [0.1, 0.15) is 19.4 Å². The van der Waals surface area contributed by atoms with E-state index in [-0.39, 0.29) is 6.61 Å². The number of aromatic nitrogens is 6. The van der Waals surface area contributed by atoms with Crippen molar-refractivity contribution in [2.45, 2.75) is 25.5 Å². The molecule has 0 amide bonds. The summed E-state index contributed by atoms with van der Waals surface area (Å²) < 4.78 is 12.6. The molecule has 0 aliphatic carbocycles. The van der Waals surface area contributed by atoms with Gasteiger partial charge >= 0.3 is 6.16 Å². The summed E-state index contributed by atoms with van der Waals surface area (Å²) in [6.45, 7) is 4.64. The van der Waals surface area contributed by atoms with E-state index in [2.05, 4.69) is 56.4 Å². The molecule has 10 heteroatoms. The number of imidazole rings is 1. The van der Waals surface area contributed by atoms with E-state index in [4.69, 9.17) is 14.5 Å². The Bertz CT molecular complexity index is 1480. The Hall–Kier alpha value is -4.18. The van der Waals surface area contributed by atoms with E-state index in [1.807, 2.05) is 36.4 Å². The van der Waals surface area contributed by atoms with Crippen LogP contribution in [-0.4, -0.2) is 48.7 Å². The van der Waals surface area contributed by atoms with Crippen LogP contribution < -0.4 is 4.74 Å². The predicted molar refractivity (Wildman–Crippen MR) is 138 cm³/mol. The van der Waals surface area contributed by atoms with Gasteiger partial charge in [0.15, 0.2) is 16.7 Å². The predicted octanol–water partition coefficient (Wildman–Crippen LogP) is 5.58. The van der Waals surface area contributed by atoms with Crippen molar-refractivity contribution in [3.63, 3.8) is 0 Å². The highest BCUT2D eigenvalue weighted by Crippen LogP contribution is 2.33. The summed E-state index contributed by atoms with van der Waals surface area (Å²) in [5.74, 6) is 1.91. The quantitative estimate of drug-likeness (QED) is 0.167. The van der Waals surface area contributed by atoms with E-state index in [0.717, 1.165) is 44.2 Å². The number of nitrogens with one attached hydrogen (secondary N) is 1. The first kappa shape index (κ1) is 23.6. The van der Waals surface area contributed by atoms with Crippen molar-refractivity contribution >= 4 is 29.0 Å². The molecule has 0 saturated heterocycles. The Kier molecular flexibility index (Phi) is 6.94. The highest BCUT2D eigenvalue weighted by Gasteiger charge is 2.18. The first-order chi connectivity index (χ1) is 17.7. The number of ether oxygens (including phenoxy) is 2. The van der Waals surface area contributed by atoms with Crippen LogP contribution in [0.5, 0.6) is 5.75 Å². The third-order valence-corrected chi connectivity index (χ3v) is 6.42. The molecule has 5 rings (SSSR count). The van der Waals surface area contributed by atoms with Gasteiger partial charge in [0.25, 0.3) is 0 Å². The Labute approximate surface area is 211 Å². The number of benzene rings is 3. The number of carbonyl (C=O) groups excluding carboxylic acids is 1. The zero-order valence-corrected chi connectivity index (χ0v) is 20.7. The van der Waals surface area contributed by atoms with Crippen molar-refractivity contribution in [2.24, 2.45) is 0 Å². The molecule has 2 aromatic heterocycles. The standard InChI is InChI=1S/C26H24N6O3S/c1-3-34-26(33)35-22-11-7-10-21-23(22)32(25(27-21)36-4-2)16-17-12-14-18(15-13-17)19-8-5-6-9-20(19)24-28-30-31-29-24/h5-15H,3-4,16H2,1-2H3,(H,28,29,30,31). The maximum atomic E-state index is 12.0. The van der Waals surface area contributed by atoms with Gasteiger partial charge in [0.05, 0.1) is 18.7 Å². The fourth-order valence-electron chi connectivity index (χ4n) is 4.02. The number of fused-ring (bicyclic) bond motifs is 1. The molecule has 0 aliphatic heterocycles. The van der Waals surface area contributed by atoms with Gasteiger partial charge in [-0.25, -0.2) is 14.9 Å². The number of tetrazole rings is 1. The van der Waals surface area contributed by atoms with Crippen molar-refractivity contribution in [1.82, 2.24) is 30.2 Å². The Morgan fingerprint density at radius 2 is 1.81 bits per heavy atom. The molecular formula is C26H24N6O3S. The molecule has 0 fully saturated rings. The van der Waals surface area contributed by atoms with Crippen LogP contribution in [0, 0.1) is 0 Å². The number of hydrogen-bond donors (Lipinski definition) is 1. The van der Waals surface area contributed by atoms with Crippen LogP contribution in [-0.2, 0) is 11.3 Å². The lowest BCUT2D eigenvalue weighted by atomic mass is 9.98. The minimum absolute atomic E-state index is 0.243. The van der Waals surface area contributed by atoms with E-state index < -0.39 is 6.16 Å². The molecule has 36 heavy (non-hydrogen) atoms. The van der Waals surface area contributed by atoms with Gasteiger partial charge in [-0.05, 0) is 51.9 Å². The summed E-state index contributed by atoms with van der Waals surface area (Å²) in [4.78, 5) is 16.8. The second kappa shape index (κ2) is 10.6. The third-order valence-electron chi connectivity index (χ3n) is 5.56. The van der Waals surface area contributed by atoms with E-state index in [0.29, 0.717) is 18.1 Å². The second-order valence-corrected chi connectivity index (χ2v) is 9.05. The lowest BCUT2D eigenvalue weighted by Crippen LogP contribution is -2.11. The molecule has 0 bridgehead atoms. The lowest BCUT2D eigenvalue weighted by Gasteiger charge is -2.12. The van der Waals surface area contributed by atoms with Crippen LogP contribution in [0.4, 0.5) is 4.79 Å². The van der Waals surface area contributed by atoms with Gasteiger partial charge in [-0.2, -0.15) is 0 Å². The topological polar surface area (TPSA) is 108 Å². The molecule has 182 valence electrons. The zero-order chi connectivity index (χ0) is 24.9. The van der Waals surface area contributed by atoms with Crippen molar-refractivity contribution in [3.8, 4) is 28.3 Å². The van der Waals surface area contributed by atoms with E-state index in [1.54, 1.807) is 24.8 Å². The average molecular weight is 501 g/mol. The number of rotatable bonds is 8. The average Bonchev–Trinajstić information content (AvgIpc) is 3.54. The van der Waals surface area contributed by atoms with Gasteiger partial charge < -0.3 is 14.0 Å². The van der Waals surface area contributed by atoms with Crippen LogP contribution in [0.25, 0.3) is 33.5 Å². The van der Waals surface area contributed by atoms with Gasteiger partial charge in [0.2, 0.25) is 0 Å². The minimum Gasteiger partial charge on any atom is -0.434 e. The minimum atomic E-state index is -0.729. The normalized spacial score (nSPS) is 11.1. The Morgan fingerprint density at radius 3 is 2.53 bits per heavy atom. The number of hydrogen-bond acceptors (Lipinski definition) is 8. The summed E-state index contributed by atoms with van der Waals surface area (Å²) in [6.07, 6.45) is -0.729. The number of H-pyrrole nitrogens is 1. The smallest absolute Gasteiger partial charge is 0.434 e. The summed E-state index contributed by atoms with van der Waals surface area (Å²) in [5.41, 5.74) is 5.62. The molecule has 0 saturated carbocycles. The fourth-order valence-corrected chi connectivity index (χ4v) is 4.76. The van der Waals surface area contributed by atoms with Gasteiger partial charge in [0.1, 0.15) is 5.52 Å². The molecule has 0 unspecified atom stereocenters. The molecule has 9 nitrogen and oxygen atoms in total. The number of thioether (sulfide) groups is 1. The summed E-state index contributed by atoms with van der Waals surface area (Å²) in [6, 6.07) is 21.8. The molecule has 3 aromatic carbocycles. The SMILES string of the molecule is CCOC(=O)Oc1cccc2nc(SCC)n(Cc3ccc(-c4ccccc4-c4nnn[nH]4)cc3)c12. The molecule has 0 radical (unpaired) electrons. The molecule has 0 aliphatic rings. The molecule has 0 spiro atoms. The van der Waals surface area contributed by atoms with E-state index in [1.165, 1.54) is 0 Å². The molecule has 2 heterocycles. The van der Waals surface area contributed by atoms with E-state index >= 15 is 0 Å². The van der Waals surface area contributed by atoms with Gasteiger partial charge in [-0.15, -0.1) is 5.10 Å². The number of nitrogens with zero attached hydrogens (tertiary/aromatic N) is 5. The van der Waals surface area contributed by atoms with Crippen molar-refractivity contribution in [2.75, 3.05) is 12.4 Å². The Morgan fingerprint density at radius 1 is 1.00 bits per heavy atom. The highest BCUT2D eigenvalue weighted by atomic mass is 32.2. The lowest BCUT2D eigenvalue weighted by molar-refractivity contribution is 0.104. The molecule has 0 atom stereocenters. The summed E-state index contributed by atoms with van der Waals surface area (Å²) >= 11 is 1.64. The maximum Gasteiger partial charge on any atom is 0.513 e. The van der Waals surface area contributed by atoms with Crippen molar-refractivity contribution < 1.29 is 14.3 Å². The van der Waals surface area contributed by atoms with Crippen molar-refractivity contribution in [1.29, 1.82) is 0 Å². The number of carbonyl (C=O) groups is 1. The summed E-state index contributed by atoms with van der Waals surface area (Å²) in [7, 11) is 0. The molecular weight excluding hydrogens is 476 g/mol. The summed E-state index contributed by atoms with van der Waals surface area (Å²) in [5, 5.41) is 15.2. The molecule has 5 aromatic rings. The fraction of sp³-hybridized carbons (Fsp3) is 0.192. The number of para-hydroxylation sites is 1. The third kappa shape index (κ3) is 4.80. The van der Waals surface area contributed by atoms with E-state index in [9.17, 15) is 4.79 Å². The second-order valence-electron chi connectivity index (χ2n) is 7.81. The van der Waals surface area contributed by atoms with Crippen LogP contribution in [0.3, 0.4) is 0 Å². The van der Waals surface area contributed by atoms with Gasteiger partial charge in [-0.1, -0.05) is 73.3 Å². The Balaban J connectivity index is 1.49. The monoisotopic (exact) mass is 500 g/mol. The van der Waals surface area contributed by atoms with Crippen molar-refractivity contribution in [3.05, 3.63) is 72.3 Å². The first-order valence-electron chi connectivity index (χ1n) is 11.6. The zero-order valence-electron chi connectivity index (χ0n) is 19.8. The van der Waals surface area contributed by atoms with Crippen LogP contribution in [0.2, 0.25) is 0 Å².